The molecule has 2 rings (SSSR count). The highest BCUT2D eigenvalue weighted by molar-refractivity contribution is 6.01. The van der Waals surface area contributed by atoms with Crippen molar-refractivity contribution in [1.29, 1.82) is 0 Å². The molecular formula is C14H17N3O. The molecule has 0 saturated carbocycles. The highest BCUT2D eigenvalue weighted by Gasteiger charge is 2.15. The molecule has 0 amide bonds. The predicted molar refractivity (Wildman–Crippen MR) is 71.7 cm³/mol. The van der Waals surface area contributed by atoms with Gasteiger partial charge >= 0.3 is 0 Å². The van der Waals surface area contributed by atoms with E-state index in [2.05, 4.69) is 29.3 Å². The number of nitrogens with two attached hydrogens (primary N) is 1. The zero-order valence-electron chi connectivity index (χ0n) is 10.9. The molecular weight excluding hydrogens is 226 g/mol. The molecule has 0 bridgehead atoms. The summed E-state index contributed by atoms with van der Waals surface area (Å²) in [6, 6.07) is 4.18. The van der Waals surface area contributed by atoms with Gasteiger partial charge in [-0.3, -0.25) is 9.89 Å². The molecule has 1 aromatic carbocycles. The predicted octanol–water partition coefficient (Wildman–Crippen LogP) is 2.34. The average molecular weight is 243 g/mol. The van der Waals surface area contributed by atoms with Gasteiger partial charge in [0.15, 0.2) is 5.78 Å². The van der Waals surface area contributed by atoms with E-state index in [1.165, 1.54) is 11.8 Å². The quantitative estimate of drug-likeness (QED) is 0.813. The number of H-pyrrole nitrogens is 1. The summed E-state index contributed by atoms with van der Waals surface area (Å²) in [6.07, 6.45) is 1.85. The maximum absolute atomic E-state index is 12.1. The maximum atomic E-state index is 12.1. The third-order valence-electron chi connectivity index (χ3n) is 3.15. The van der Waals surface area contributed by atoms with Gasteiger partial charge in [0.2, 0.25) is 0 Å². The summed E-state index contributed by atoms with van der Waals surface area (Å²) in [5.41, 5.74) is 10.7. The molecule has 1 aromatic heterocycles. The van der Waals surface area contributed by atoms with E-state index in [1.807, 2.05) is 13.8 Å². The van der Waals surface area contributed by atoms with Crippen molar-refractivity contribution in [3.63, 3.8) is 0 Å². The number of benzene rings is 1. The monoisotopic (exact) mass is 243 g/mol. The van der Waals surface area contributed by atoms with Crippen LogP contribution in [0.5, 0.6) is 0 Å². The molecule has 0 radical (unpaired) electrons. The fourth-order valence-corrected chi connectivity index (χ4v) is 2.26. The number of nitrogens with one attached hydrogen (secondary N) is 1. The smallest absolute Gasteiger partial charge is 0.172 e. The molecule has 0 spiro atoms. The van der Waals surface area contributed by atoms with Crippen LogP contribution in [0.15, 0.2) is 18.3 Å². The number of Topliss-reactive ketones (excluding diaryl/α,β-unsaturated/α-hetero) is 1. The number of aromatic amines is 1. The molecule has 18 heavy (non-hydrogen) atoms. The van der Waals surface area contributed by atoms with Gasteiger partial charge in [-0.1, -0.05) is 17.7 Å². The Labute approximate surface area is 106 Å². The van der Waals surface area contributed by atoms with Crippen LogP contribution < -0.4 is 5.73 Å². The van der Waals surface area contributed by atoms with Gasteiger partial charge in [0.1, 0.15) is 5.82 Å². The number of hydrogen-bond acceptors (Lipinski definition) is 3. The van der Waals surface area contributed by atoms with Crippen molar-refractivity contribution in [1.82, 2.24) is 10.2 Å². The largest absolute Gasteiger partial charge is 0.383 e. The van der Waals surface area contributed by atoms with E-state index in [9.17, 15) is 4.79 Å². The summed E-state index contributed by atoms with van der Waals surface area (Å²) in [6.45, 7) is 6.11. The van der Waals surface area contributed by atoms with Crippen molar-refractivity contribution in [3.8, 4) is 0 Å². The number of hydrogen-bond donors (Lipinski definition) is 2. The Kier molecular flexibility index (Phi) is 3.19. The van der Waals surface area contributed by atoms with Crippen LogP contribution in [0.1, 0.15) is 32.6 Å². The van der Waals surface area contributed by atoms with Gasteiger partial charge in [0.25, 0.3) is 0 Å². The Morgan fingerprint density at radius 2 is 1.89 bits per heavy atom. The number of nitrogen functional groups attached to an aromatic ring is 1. The van der Waals surface area contributed by atoms with Gasteiger partial charge in [-0.25, -0.2) is 0 Å². The summed E-state index contributed by atoms with van der Waals surface area (Å²) in [5, 5.41) is 6.35. The first kappa shape index (κ1) is 12.4. The Hall–Kier alpha value is -2.10. The molecule has 3 N–H and O–H groups in total. The summed E-state index contributed by atoms with van der Waals surface area (Å²) in [7, 11) is 0. The molecule has 0 aliphatic rings. The van der Waals surface area contributed by atoms with Gasteiger partial charge in [-0.05, 0) is 37.5 Å². The van der Waals surface area contributed by atoms with E-state index >= 15 is 0 Å². The van der Waals surface area contributed by atoms with Gasteiger partial charge in [0, 0.05) is 6.42 Å². The number of aromatic nitrogens is 2. The highest BCUT2D eigenvalue weighted by atomic mass is 16.1. The van der Waals surface area contributed by atoms with E-state index in [0.717, 1.165) is 16.7 Å². The molecule has 94 valence electrons. The van der Waals surface area contributed by atoms with Gasteiger partial charge in [-0.15, -0.1) is 0 Å². The van der Waals surface area contributed by atoms with Crippen molar-refractivity contribution in [2.75, 3.05) is 5.73 Å². The van der Waals surface area contributed by atoms with E-state index in [1.54, 1.807) is 0 Å². The van der Waals surface area contributed by atoms with Crippen molar-refractivity contribution >= 4 is 11.6 Å². The van der Waals surface area contributed by atoms with Crippen LogP contribution in [0.4, 0.5) is 5.82 Å². The number of carbonyl (C=O) groups is 1. The van der Waals surface area contributed by atoms with Crippen LogP contribution in [-0.2, 0) is 6.42 Å². The lowest BCUT2D eigenvalue weighted by Crippen LogP contribution is -2.08. The molecule has 4 nitrogen and oxygen atoms in total. The number of anilines is 1. The zero-order chi connectivity index (χ0) is 13.3. The van der Waals surface area contributed by atoms with Crippen LogP contribution in [0, 0.1) is 20.8 Å². The zero-order valence-corrected chi connectivity index (χ0v) is 10.9. The summed E-state index contributed by atoms with van der Waals surface area (Å²) in [5.74, 6) is 0.332. The minimum Gasteiger partial charge on any atom is -0.383 e. The van der Waals surface area contributed by atoms with Crippen molar-refractivity contribution in [3.05, 3.63) is 46.1 Å². The summed E-state index contributed by atoms with van der Waals surface area (Å²) >= 11 is 0. The van der Waals surface area contributed by atoms with Crippen LogP contribution >= 0.6 is 0 Å². The fourth-order valence-electron chi connectivity index (χ4n) is 2.26. The van der Waals surface area contributed by atoms with Crippen molar-refractivity contribution < 1.29 is 4.79 Å². The third-order valence-corrected chi connectivity index (χ3v) is 3.15. The number of rotatable bonds is 3. The van der Waals surface area contributed by atoms with Gasteiger partial charge < -0.3 is 5.73 Å². The molecule has 0 saturated heterocycles. The van der Waals surface area contributed by atoms with Crippen LogP contribution in [-0.4, -0.2) is 16.0 Å². The second-order valence-corrected chi connectivity index (χ2v) is 4.67. The fraction of sp³-hybridized carbons (Fsp3) is 0.286. The van der Waals surface area contributed by atoms with E-state index in [-0.39, 0.29) is 5.78 Å². The molecule has 0 aliphatic carbocycles. The molecule has 0 unspecified atom stereocenters. The molecule has 4 heteroatoms. The number of nitrogens with zero attached hydrogens (tertiary/aromatic N) is 1. The first-order chi connectivity index (χ1) is 8.49. The van der Waals surface area contributed by atoms with E-state index in [4.69, 9.17) is 5.73 Å². The lowest BCUT2D eigenvalue weighted by molar-refractivity contribution is 0.0993. The minimum atomic E-state index is -0.00342. The first-order valence-electron chi connectivity index (χ1n) is 5.88. The molecule has 1 heterocycles. The standard InChI is InChI=1S/C14H17N3O/c1-8-4-9(2)11(10(3)5-8)6-13(18)12-7-16-17-14(12)15/h4-5,7H,6H2,1-3H3,(H3,15,16,17). The molecule has 0 fully saturated rings. The Balaban J connectivity index is 2.31. The summed E-state index contributed by atoms with van der Waals surface area (Å²) in [4.78, 5) is 12.1. The number of ketones is 1. The van der Waals surface area contributed by atoms with Crippen LogP contribution in [0.25, 0.3) is 0 Å². The second-order valence-electron chi connectivity index (χ2n) is 4.67. The topological polar surface area (TPSA) is 71.8 Å². The van der Waals surface area contributed by atoms with Gasteiger partial charge in [0.05, 0.1) is 11.8 Å². The molecule has 0 aliphatic heterocycles. The van der Waals surface area contributed by atoms with Crippen molar-refractivity contribution in [2.24, 2.45) is 0 Å². The maximum Gasteiger partial charge on any atom is 0.172 e. The average Bonchev–Trinajstić information content (AvgIpc) is 2.69. The summed E-state index contributed by atoms with van der Waals surface area (Å²) < 4.78 is 0. The lowest BCUT2D eigenvalue weighted by Gasteiger charge is -2.10. The highest BCUT2D eigenvalue weighted by Crippen LogP contribution is 2.19. The number of carbonyl (C=O) groups excluding carboxylic acids is 1. The second kappa shape index (κ2) is 4.64. The Morgan fingerprint density at radius 3 is 2.39 bits per heavy atom. The number of aryl methyl sites for hydroxylation is 3. The van der Waals surface area contributed by atoms with E-state index < -0.39 is 0 Å². The molecule has 0 atom stereocenters. The van der Waals surface area contributed by atoms with Crippen molar-refractivity contribution in [2.45, 2.75) is 27.2 Å². The Bertz CT molecular complexity index is 576. The lowest BCUT2D eigenvalue weighted by atomic mass is 9.94. The third kappa shape index (κ3) is 2.27. The SMILES string of the molecule is Cc1cc(C)c(CC(=O)c2cn[nH]c2N)c(C)c1. The normalized spacial score (nSPS) is 10.6. The Morgan fingerprint density at radius 1 is 1.28 bits per heavy atom. The minimum absolute atomic E-state index is 0.00342. The van der Waals surface area contributed by atoms with Gasteiger partial charge in [-0.2, -0.15) is 5.10 Å². The van der Waals surface area contributed by atoms with Crippen LogP contribution in [0.3, 0.4) is 0 Å². The van der Waals surface area contributed by atoms with E-state index in [0.29, 0.717) is 17.8 Å². The van der Waals surface area contributed by atoms with Crippen LogP contribution in [0.2, 0.25) is 0 Å². The first-order valence-corrected chi connectivity index (χ1v) is 5.88. The molecule has 2 aromatic rings.